The number of hydrogen-bond acceptors (Lipinski definition) is 2. The Balaban J connectivity index is 2.33. The highest BCUT2D eigenvalue weighted by atomic mass is 79.9. The Labute approximate surface area is 140 Å². The second-order valence-electron chi connectivity index (χ2n) is 4.55. The number of carbonyl (C=O) groups is 1. The Morgan fingerprint density at radius 1 is 1.15 bits per heavy atom. The van der Waals surface area contributed by atoms with Crippen molar-refractivity contribution in [3.8, 4) is 0 Å². The minimum Gasteiger partial charge on any atom is -0.321 e. The van der Waals surface area contributed by atoms with Crippen LogP contribution in [0.1, 0.15) is 21.5 Å². The van der Waals surface area contributed by atoms with E-state index in [0.29, 0.717) is 10.5 Å². The third-order valence-electron chi connectivity index (χ3n) is 2.87. The number of amides is 1. The summed E-state index contributed by atoms with van der Waals surface area (Å²) in [4.78, 5) is 13.0. The first-order chi connectivity index (χ1) is 9.38. The Morgan fingerprint density at radius 3 is 2.45 bits per heavy atom. The highest BCUT2D eigenvalue weighted by molar-refractivity contribution is 9.10. The van der Waals surface area contributed by atoms with Gasteiger partial charge in [0, 0.05) is 13.8 Å². The fourth-order valence-corrected chi connectivity index (χ4v) is 3.58. The van der Waals surface area contributed by atoms with Crippen LogP contribution in [-0.4, -0.2) is 5.91 Å². The molecule has 2 nitrogen and oxygen atoms in total. The van der Waals surface area contributed by atoms with Gasteiger partial charge in [0.25, 0.3) is 5.91 Å². The van der Waals surface area contributed by atoms with Crippen LogP contribution in [0.3, 0.4) is 0 Å². The van der Waals surface area contributed by atoms with E-state index in [4.69, 9.17) is 0 Å². The van der Waals surface area contributed by atoms with Crippen molar-refractivity contribution in [1.82, 2.24) is 0 Å². The van der Waals surface area contributed by atoms with Crippen molar-refractivity contribution < 1.29 is 4.79 Å². The van der Waals surface area contributed by atoms with Crippen molar-refractivity contribution in [1.29, 1.82) is 0 Å². The Kier molecular flexibility index (Phi) is 4.94. The van der Waals surface area contributed by atoms with E-state index in [1.807, 2.05) is 32.0 Å². The van der Waals surface area contributed by atoms with E-state index in [9.17, 15) is 4.79 Å². The molecule has 2 rings (SSSR count). The average molecular weight is 415 g/mol. The quantitative estimate of drug-likeness (QED) is 0.635. The van der Waals surface area contributed by atoms with Gasteiger partial charge in [0.2, 0.25) is 0 Å². The van der Waals surface area contributed by atoms with Crippen LogP contribution in [0.25, 0.3) is 0 Å². The maximum Gasteiger partial charge on any atom is 0.256 e. The molecule has 0 spiro atoms. The lowest BCUT2D eigenvalue weighted by Crippen LogP contribution is -2.14. The maximum atomic E-state index is 12.3. The molecular formula is C15H13Br2NOS. The van der Waals surface area contributed by atoms with Crippen LogP contribution >= 0.6 is 44.5 Å². The number of benzene rings is 2. The standard InChI is InChI=1S/C15H13Br2NOS/c1-8-5-9(2)14(12(17)6-8)18-15(19)11-4-3-10(16)7-13(11)20/h3-7,20H,1-2H3,(H,18,19). The van der Waals surface area contributed by atoms with Gasteiger partial charge in [-0.05, 0) is 65.2 Å². The summed E-state index contributed by atoms with van der Waals surface area (Å²) in [5.41, 5.74) is 3.49. The smallest absolute Gasteiger partial charge is 0.256 e. The topological polar surface area (TPSA) is 29.1 Å². The van der Waals surface area contributed by atoms with Crippen molar-refractivity contribution in [2.24, 2.45) is 0 Å². The molecule has 0 saturated heterocycles. The first-order valence-electron chi connectivity index (χ1n) is 5.95. The van der Waals surface area contributed by atoms with Gasteiger partial charge in [0.15, 0.2) is 0 Å². The van der Waals surface area contributed by atoms with Crippen LogP contribution in [0.5, 0.6) is 0 Å². The highest BCUT2D eigenvalue weighted by Crippen LogP contribution is 2.29. The maximum absolute atomic E-state index is 12.3. The number of rotatable bonds is 2. The molecular weight excluding hydrogens is 402 g/mol. The molecule has 0 aliphatic heterocycles. The molecule has 0 atom stereocenters. The van der Waals surface area contributed by atoms with E-state index in [-0.39, 0.29) is 5.91 Å². The molecule has 0 radical (unpaired) electrons. The Morgan fingerprint density at radius 2 is 1.85 bits per heavy atom. The lowest BCUT2D eigenvalue weighted by atomic mass is 10.1. The first kappa shape index (κ1) is 15.6. The van der Waals surface area contributed by atoms with Crippen LogP contribution in [-0.2, 0) is 0 Å². The summed E-state index contributed by atoms with van der Waals surface area (Å²) in [7, 11) is 0. The molecule has 104 valence electrons. The predicted octanol–water partition coefficient (Wildman–Crippen LogP) is 5.37. The highest BCUT2D eigenvalue weighted by Gasteiger charge is 2.13. The van der Waals surface area contributed by atoms with Crippen molar-refractivity contribution in [3.63, 3.8) is 0 Å². The van der Waals surface area contributed by atoms with Crippen LogP contribution < -0.4 is 5.32 Å². The number of anilines is 1. The zero-order valence-electron chi connectivity index (χ0n) is 11.0. The van der Waals surface area contributed by atoms with Gasteiger partial charge in [0.05, 0.1) is 11.3 Å². The van der Waals surface area contributed by atoms with Crippen LogP contribution in [0.4, 0.5) is 5.69 Å². The molecule has 0 saturated carbocycles. The molecule has 0 aromatic heterocycles. The molecule has 1 amide bonds. The van der Waals surface area contributed by atoms with Crippen molar-refractivity contribution in [3.05, 3.63) is 56.0 Å². The molecule has 0 heterocycles. The van der Waals surface area contributed by atoms with Gasteiger partial charge in [0.1, 0.15) is 0 Å². The molecule has 0 bridgehead atoms. The molecule has 0 fully saturated rings. The monoisotopic (exact) mass is 413 g/mol. The molecule has 1 N–H and O–H groups in total. The van der Waals surface area contributed by atoms with Gasteiger partial charge in [-0.25, -0.2) is 0 Å². The fourth-order valence-electron chi connectivity index (χ4n) is 1.95. The summed E-state index contributed by atoms with van der Waals surface area (Å²) < 4.78 is 1.77. The molecule has 20 heavy (non-hydrogen) atoms. The second-order valence-corrected chi connectivity index (χ2v) is 6.81. The lowest BCUT2D eigenvalue weighted by Gasteiger charge is -2.13. The van der Waals surface area contributed by atoms with Crippen LogP contribution in [0.15, 0.2) is 44.2 Å². The van der Waals surface area contributed by atoms with Crippen molar-refractivity contribution in [2.45, 2.75) is 18.7 Å². The largest absolute Gasteiger partial charge is 0.321 e. The lowest BCUT2D eigenvalue weighted by molar-refractivity contribution is 0.102. The predicted molar refractivity (Wildman–Crippen MR) is 93.0 cm³/mol. The molecule has 0 unspecified atom stereocenters. The summed E-state index contributed by atoms with van der Waals surface area (Å²) in [6.45, 7) is 3.99. The Hall–Kier alpha value is -0.780. The molecule has 0 aliphatic rings. The van der Waals surface area contributed by atoms with E-state index >= 15 is 0 Å². The summed E-state index contributed by atoms with van der Waals surface area (Å²) in [5.74, 6) is -0.171. The third-order valence-corrected chi connectivity index (χ3v) is 4.36. The number of carbonyl (C=O) groups excluding carboxylic acids is 1. The van der Waals surface area contributed by atoms with Gasteiger partial charge in [-0.2, -0.15) is 0 Å². The van der Waals surface area contributed by atoms with Crippen LogP contribution in [0, 0.1) is 13.8 Å². The minimum absolute atomic E-state index is 0.171. The van der Waals surface area contributed by atoms with Gasteiger partial charge in [-0.1, -0.05) is 22.0 Å². The zero-order chi connectivity index (χ0) is 14.9. The van der Waals surface area contributed by atoms with E-state index < -0.39 is 0 Å². The third kappa shape index (κ3) is 3.45. The summed E-state index contributed by atoms with van der Waals surface area (Å²) in [6, 6.07) is 9.38. The van der Waals surface area contributed by atoms with Crippen LogP contribution in [0.2, 0.25) is 0 Å². The average Bonchev–Trinajstić information content (AvgIpc) is 2.33. The summed E-state index contributed by atoms with van der Waals surface area (Å²) in [5, 5.41) is 2.93. The van der Waals surface area contributed by atoms with E-state index in [1.165, 1.54) is 0 Å². The zero-order valence-corrected chi connectivity index (χ0v) is 15.1. The van der Waals surface area contributed by atoms with Gasteiger partial charge >= 0.3 is 0 Å². The fraction of sp³-hybridized carbons (Fsp3) is 0.133. The molecule has 0 aliphatic carbocycles. The minimum atomic E-state index is -0.171. The number of halogens is 2. The van der Waals surface area contributed by atoms with Gasteiger partial charge < -0.3 is 5.32 Å². The van der Waals surface area contributed by atoms with Gasteiger partial charge in [-0.3, -0.25) is 4.79 Å². The summed E-state index contributed by atoms with van der Waals surface area (Å²) >= 11 is 11.2. The summed E-state index contributed by atoms with van der Waals surface area (Å²) in [6.07, 6.45) is 0. The Bertz CT molecular complexity index is 663. The van der Waals surface area contributed by atoms with E-state index in [1.54, 1.807) is 12.1 Å². The first-order valence-corrected chi connectivity index (χ1v) is 7.98. The second kappa shape index (κ2) is 6.33. The number of hydrogen-bond donors (Lipinski definition) is 2. The van der Waals surface area contributed by atoms with Crippen molar-refractivity contribution >= 4 is 56.1 Å². The molecule has 2 aromatic carbocycles. The molecule has 5 heteroatoms. The SMILES string of the molecule is Cc1cc(C)c(NC(=O)c2ccc(Br)cc2S)c(Br)c1. The number of aryl methyl sites for hydroxylation is 2. The number of nitrogens with one attached hydrogen (secondary N) is 1. The van der Waals surface area contributed by atoms with Crippen molar-refractivity contribution in [2.75, 3.05) is 5.32 Å². The van der Waals surface area contributed by atoms with Gasteiger partial charge in [-0.15, -0.1) is 12.6 Å². The number of thiol groups is 1. The van der Waals surface area contributed by atoms with E-state index in [2.05, 4.69) is 49.8 Å². The molecule has 2 aromatic rings. The normalized spacial score (nSPS) is 10.4. The van der Waals surface area contributed by atoms with E-state index in [0.717, 1.165) is 25.8 Å².